The number of fused-ring (bicyclic) bond motifs is 3. The van der Waals surface area contributed by atoms with Crippen LogP contribution in [0.1, 0.15) is 40.5 Å². The van der Waals surface area contributed by atoms with Gasteiger partial charge in [-0.1, -0.05) is 36.8 Å². The zero-order valence-corrected chi connectivity index (χ0v) is 21.2. The molecule has 2 heterocycles. The van der Waals surface area contributed by atoms with Crippen LogP contribution < -0.4 is 15.7 Å². The number of carbonyl (C=O) groups is 1. The summed E-state index contributed by atoms with van der Waals surface area (Å²) in [5, 5.41) is 4.70. The van der Waals surface area contributed by atoms with E-state index in [0.717, 1.165) is 46.5 Å². The molecule has 0 aliphatic heterocycles. The third-order valence-corrected chi connectivity index (χ3v) is 7.57. The van der Waals surface area contributed by atoms with Gasteiger partial charge in [-0.2, -0.15) is 5.10 Å². The molecule has 36 heavy (non-hydrogen) atoms. The molecule has 0 saturated heterocycles. The average Bonchev–Trinajstić information content (AvgIpc) is 3.24. The summed E-state index contributed by atoms with van der Waals surface area (Å²) in [5.74, 6) is 0.994. The van der Waals surface area contributed by atoms with Crippen LogP contribution in [0.25, 0.3) is 10.2 Å². The van der Waals surface area contributed by atoms with Crippen LogP contribution in [0.4, 0.5) is 0 Å². The molecule has 8 heteroatoms. The lowest BCUT2D eigenvalue weighted by molar-refractivity contribution is -0.121. The summed E-state index contributed by atoms with van der Waals surface area (Å²) in [6, 6.07) is 15.7. The molecule has 0 fully saturated rings. The number of nitrogens with one attached hydrogen (secondary N) is 1. The Hall–Kier alpha value is -3.78. The first-order valence-corrected chi connectivity index (χ1v) is 12.9. The van der Waals surface area contributed by atoms with Crippen molar-refractivity contribution in [2.24, 2.45) is 11.0 Å². The van der Waals surface area contributed by atoms with Crippen molar-refractivity contribution in [3.05, 3.63) is 92.3 Å². The van der Waals surface area contributed by atoms with E-state index in [0.29, 0.717) is 17.9 Å². The number of thiophene rings is 1. The third kappa shape index (κ3) is 5.39. The fourth-order valence-corrected chi connectivity index (χ4v) is 5.69. The Morgan fingerprint density at radius 3 is 2.78 bits per heavy atom. The number of rotatable bonds is 7. The normalized spacial score (nSPS) is 15.2. The van der Waals surface area contributed by atoms with Crippen LogP contribution >= 0.6 is 11.3 Å². The number of benzene rings is 2. The van der Waals surface area contributed by atoms with Crippen LogP contribution in [0.5, 0.6) is 5.75 Å². The lowest BCUT2D eigenvalue weighted by Gasteiger charge is -2.17. The molecule has 4 aromatic rings. The van der Waals surface area contributed by atoms with Gasteiger partial charge in [0.15, 0.2) is 0 Å². The van der Waals surface area contributed by atoms with Crippen molar-refractivity contribution < 1.29 is 9.53 Å². The lowest BCUT2D eigenvalue weighted by Crippen LogP contribution is -2.30. The number of carbonyl (C=O) groups excluding carboxylic acids is 1. The maximum Gasteiger partial charge on any atom is 0.262 e. The van der Waals surface area contributed by atoms with E-state index in [2.05, 4.69) is 53.6 Å². The van der Waals surface area contributed by atoms with Crippen molar-refractivity contribution in [1.29, 1.82) is 0 Å². The molecule has 5 rings (SSSR count). The fourth-order valence-electron chi connectivity index (χ4n) is 4.35. The monoisotopic (exact) mass is 500 g/mol. The topological polar surface area (TPSA) is 85.6 Å². The minimum atomic E-state index is -0.384. The van der Waals surface area contributed by atoms with Gasteiger partial charge < -0.3 is 4.74 Å². The zero-order valence-electron chi connectivity index (χ0n) is 20.4. The smallest absolute Gasteiger partial charge is 0.262 e. The highest BCUT2D eigenvalue weighted by molar-refractivity contribution is 7.18. The first kappa shape index (κ1) is 23.9. The van der Waals surface area contributed by atoms with Gasteiger partial charge in [0.25, 0.3) is 11.5 Å². The van der Waals surface area contributed by atoms with Gasteiger partial charge in [0, 0.05) is 4.88 Å². The van der Waals surface area contributed by atoms with Gasteiger partial charge in [0.2, 0.25) is 0 Å². The van der Waals surface area contributed by atoms with Crippen LogP contribution in [0.2, 0.25) is 0 Å². The molecule has 0 saturated carbocycles. The van der Waals surface area contributed by atoms with Crippen molar-refractivity contribution in [2.75, 3.05) is 0 Å². The second-order valence-corrected chi connectivity index (χ2v) is 10.4. The van der Waals surface area contributed by atoms with Gasteiger partial charge in [0.05, 0.1) is 17.9 Å². The predicted molar refractivity (Wildman–Crippen MR) is 143 cm³/mol. The number of hydrogen-bond acceptors (Lipinski definition) is 6. The summed E-state index contributed by atoms with van der Waals surface area (Å²) in [6.07, 6.45) is 5.97. The summed E-state index contributed by atoms with van der Waals surface area (Å²) >= 11 is 1.60. The van der Waals surface area contributed by atoms with Gasteiger partial charge in [-0.25, -0.2) is 10.4 Å². The first-order valence-electron chi connectivity index (χ1n) is 12.1. The van der Waals surface area contributed by atoms with E-state index in [-0.39, 0.29) is 18.0 Å². The second-order valence-electron chi connectivity index (χ2n) is 9.35. The molecule has 0 unspecified atom stereocenters. The van der Waals surface area contributed by atoms with Crippen molar-refractivity contribution in [1.82, 2.24) is 15.0 Å². The van der Waals surface area contributed by atoms with Gasteiger partial charge >= 0.3 is 0 Å². The molecule has 2 aromatic heterocycles. The first-order chi connectivity index (χ1) is 17.5. The van der Waals surface area contributed by atoms with Gasteiger partial charge in [0.1, 0.15) is 23.7 Å². The maximum absolute atomic E-state index is 13.1. The number of aryl methyl sites for hydroxylation is 2. The highest BCUT2D eigenvalue weighted by atomic mass is 32.1. The van der Waals surface area contributed by atoms with Gasteiger partial charge in [-0.15, -0.1) is 11.3 Å². The Bertz CT molecular complexity index is 1470. The number of amides is 1. The maximum atomic E-state index is 13.1. The molecule has 1 N–H and O–H groups in total. The molecule has 2 aromatic carbocycles. The molecule has 1 amide bonds. The predicted octanol–water partition coefficient (Wildman–Crippen LogP) is 4.62. The Kier molecular flexibility index (Phi) is 6.95. The van der Waals surface area contributed by atoms with Gasteiger partial charge in [-0.05, 0) is 73.1 Å². The lowest BCUT2D eigenvalue weighted by atomic mass is 9.89. The quantitative estimate of drug-likeness (QED) is 0.296. The van der Waals surface area contributed by atoms with E-state index in [1.165, 1.54) is 21.3 Å². The highest BCUT2D eigenvalue weighted by Gasteiger charge is 2.23. The Labute approximate surface area is 213 Å². The van der Waals surface area contributed by atoms with Crippen LogP contribution in [-0.2, 0) is 30.8 Å². The van der Waals surface area contributed by atoms with E-state index in [4.69, 9.17) is 4.74 Å². The average molecular weight is 501 g/mol. The molecule has 0 spiro atoms. The van der Waals surface area contributed by atoms with Crippen LogP contribution in [0, 0.1) is 12.8 Å². The molecule has 7 nitrogen and oxygen atoms in total. The number of hydrogen-bond donors (Lipinski definition) is 1. The van der Waals surface area contributed by atoms with Crippen molar-refractivity contribution in [3.8, 4) is 5.75 Å². The number of hydrazone groups is 1. The molecular formula is C28H28N4O3S. The minimum absolute atomic E-state index is 0.133. The molecule has 1 atom stereocenters. The van der Waals surface area contributed by atoms with Crippen LogP contribution in [0.3, 0.4) is 0 Å². The SMILES string of the molecule is Cc1ccc(COc2ccc(/C=N\NC(=O)Cn3cnc4sc5c(c4c3=O)CC[C@H](C)C5)cc2)cc1. The Balaban J connectivity index is 1.17. The van der Waals surface area contributed by atoms with Crippen molar-refractivity contribution in [3.63, 3.8) is 0 Å². The number of ether oxygens (including phenoxy) is 1. The summed E-state index contributed by atoms with van der Waals surface area (Å²) in [5.41, 5.74) is 6.59. The largest absolute Gasteiger partial charge is 0.489 e. The van der Waals surface area contributed by atoms with E-state index < -0.39 is 0 Å². The molecule has 184 valence electrons. The summed E-state index contributed by atoms with van der Waals surface area (Å²) < 4.78 is 7.18. The van der Waals surface area contributed by atoms with Crippen molar-refractivity contribution >= 4 is 33.7 Å². The minimum Gasteiger partial charge on any atom is -0.489 e. The van der Waals surface area contributed by atoms with Crippen molar-refractivity contribution in [2.45, 2.75) is 46.3 Å². The summed E-state index contributed by atoms with van der Waals surface area (Å²) in [7, 11) is 0. The molecule has 1 aliphatic carbocycles. The molecule has 0 radical (unpaired) electrons. The Morgan fingerprint density at radius 1 is 1.22 bits per heavy atom. The van der Waals surface area contributed by atoms with Crippen LogP contribution in [-0.4, -0.2) is 21.7 Å². The molecule has 1 aliphatic rings. The van der Waals surface area contributed by atoms with Crippen LogP contribution in [0.15, 0.2) is 64.8 Å². The summed E-state index contributed by atoms with van der Waals surface area (Å²) in [6.45, 7) is 4.65. The highest BCUT2D eigenvalue weighted by Crippen LogP contribution is 2.35. The number of aromatic nitrogens is 2. The van der Waals surface area contributed by atoms with E-state index in [1.807, 2.05) is 24.3 Å². The van der Waals surface area contributed by atoms with E-state index in [1.54, 1.807) is 17.6 Å². The second kappa shape index (κ2) is 10.5. The van der Waals surface area contributed by atoms with E-state index in [9.17, 15) is 9.59 Å². The zero-order chi connectivity index (χ0) is 25.1. The summed E-state index contributed by atoms with van der Waals surface area (Å²) in [4.78, 5) is 32.0. The van der Waals surface area contributed by atoms with Gasteiger partial charge in [-0.3, -0.25) is 14.2 Å². The number of nitrogens with zero attached hydrogens (tertiary/aromatic N) is 3. The standard InChI is InChI=1S/C28H28N4O3S/c1-18-3-6-21(7-4-18)16-35-22-10-8-20(9-11-22)14-30-31-25(33)15-32-17-29-27-26(28(32)34)23-12-5-19(2)13-24(23)36-27/h3-4,6-11,14,17,19H,5,12-13,15-16H2,1-2H3,(H,31,33)/b30-14-/t19-/m0/s1. The fraction of sp³-hybridized carbons (Fsp3) is 0.286. The third-order valence-electron chi connectivity index (χ3n) is 6.41. The molecule has 0 bridgehead atoms. The Morgan fingerprint density at radius 2 is 2.00 bits per heavy atom. The van der Waals surface area contributed by atoms with E-state index >= 15 is 0 Å². The molecular weight excluding hydrogens is 472 g/mol.